The van der Waals surface area contributed by atoms with Crippen molar-refractivity contribution in [2.24, 2.45) is 5.41 Å². The molecule has 2 aromatic carbocycles. The Morgan fingerprint density at radius 1 is 1.06 bits per heavy atom. The van der Waals surface area contributed by atoms with Gasteiger partial charge in [0.05, 0.1) is 5.56 Å². The molecule has 1 unspecified atom stereocenters. The topological polar surface area (TPSA) is 101 Å². The molecule has 1 fully saturated rings. The van der Waals surface area contributed by atoms with Gasteiger partial charge in [-0.05, 0) is 61.8 Å². The number of Topliss-reactive ketones (excluding diaryl/α,β-unsaturated/α-hetero) is 1. The highest BCUT2D eigenvalue weighted by atomic mass is 16.5. The minimum absolute atomic E-state index is 0.107. The van der Waals surface area contributed by atoms with E-state index in [2.05, 4.69) is 0 Å². The van der Waals surface area contributed by atoms with Crippen molar-refractivity contribution in [1.29, 1.82) is 0 Å². The standard InChI is InChI=1S/C29H35NO6/c1-4-29(2,3)25(31)26(32)30-18-9-8-15-23(30)28(35)36-24(17-16-20-11-6-5-7-12-20)21-13-10-14-22(19-21)27(33)34/h5-7,10-14,19,23-24H,4,8-9,15-18H2,1-3H3,(H,33,34)/t23?,24-/m1/s1. The first-order valence-corrected chi connectivity index (χ1v) is 12.6. The van der Waals surface area contributed by atoms with Gasteiger partial charge in [0.15, 0.2) is 0 Å². The van der Waals surface area contributed by atoms with E-state index in [1.165, 1.54) is 17.0 Å². The summed E-state index contributed by atoms with van der Waals surface area (Å²) in [4.78, 5) is 52.3. The van der Waals surface area contributed by atoms with Crippen LogP contribution in [0.1, 0.15) is 80.5 Å². The van der Waals surface area contributed by atoms with Gasteiger partial charge in [0.1, 0.15) is 12.1 Å². The third kappa shape index (κ3) is 6.59. The van der Waals surface area contributed by atoms with Crippen LogP contribution in [0.3, 0.4) is 0 Å². The summed E-state index contributed by atoms with van der Waals surface area (Å²) in [6.07, 6.45) is 2.77. The molecule has 7 heteroatoms. The molecule has 36 heavy (non-hydrogen) atoms. The molecule has 2 aromatic rings. The number of carboxylic acid groups (broad SMARTS) is 1. The van der Waals surface area contributed by atoms with Crippen molar-refractivity contribution in [2.75, 3.05) is 6.54 Å². The Hall–Kier alpha value is -3.48. The maximum Gasteiger partial charge on any atom is 0.335 e. The van der Waals surface area contributed by atoms with Gasteiger partial charge in [-0.3, -0.25) is 9.59 Å². The Morgan fingerprint density at radius 2 is 1.78 bits per heavy atom. The molecule has 2 atom stereocenters. The third-order valence-corrected chi connectivity index (χ3v) is 7.03. The first-order valence-electron chi connectivity index (χ1n) is 12.6. The van der Waals surface area contributed by atoms with Gasteiger partial charge in [-0.2, -0.15) is 0 Å². The highest BCUT2D eigenvalue weighted by Crippen LogP contribution is 2.29. The number of likely N-dealkylation sites (tertiary alicyclic amines) is 1. The molecule has 1 aliphatic rings. The van der Waals surface area contributed by atoms with Crippen LogP contribution in [0, 0.1) is 5.41 Å². The highest BCUT2D eigenvalue weighted by molar-refractivity contribution is 6.38. The van der Waals surface area contributed by atoms with Crippen molar-refractivity contribution in [1.82, 2.24) is 4.90 Å². The largest absolute Gasteiger partial charge is 0.478 e. The number of hydrogen-bond donors (Lipinski definition) is 1. The monoisotopic (exact) mass is 493 g/mol. The fraction of sp³-hybridized carbons (Fsp3) is 0.448. The fourth-order valence-electron chi connectivity index (χ4n) is 4.33. The molecule has 0 radical (unpaired) electrons. The SMILES string of the molecule is CCC(C)(C)C(=O)C(=O)N1CCCCC1C(=O)O[C@H](CCc1ccccc1)c1cccc(C(=O)O)c1. The number of hydrogen-bond acceptors (Lipinski definition) is 5. The molecule has 1 saturated heterocycles. The van der Waals surface area contributed by atoms with Gasteiger partial charge in [0.2, 0.25) is 5.78 Å². The number of carboxylic acids is 1. The van der Waals surface area contributed by atoms with Gasteiger partial charge in [-0.25, -0.2) is 9.59 Å². The Labute approximate surface area is 212 Å². The molecule has 0 aliphatic carbocycles. The van der Waals surface area contributed by atoms with E-state index in [0.29, 0.717) is 44.2 Å². The van der Waals surface area contributed by atoms with Crippen molar-refractivity contribution in [3.63, 3.8) is 0 Å². The minimum Gasteiger partial charge on any atom is -0.478 e. The smallest absolute Gasteiger partial charge is 0.335 e. The Bertz CT molecular complexity index is 1090. The van der Waals surface area contributed by atoms with E-state index in [0.717, 1.165) is 12.0 Å². The number of esters is 1. The average molecular weight is 494 g/mol. The van der Waals surface area contributed by atoms with Crippen LogP contribution < -0.4 is 0 Å². The maximum atomic E-state index is 13.4. The molecule has 0 bridgehead atoms. The fourth-order valence-corrected chi connectivity index (χ4v) is 4.33. The van der Waals surface area contributed by atoms with E-state index in [-0.39, 0.29) is 5.56 Å². The van der Waals surface area contributed by atoms with Crippen LogP contribution in [0.25, 0.3) is 0 Å². The summed E-state index contributed by atoms with van der Waals surface area (Å²) in [6, 6.07) is 15.3. The zero-order chi connectivity index (χ0) is 26.3. The minimum atomic E-state index is -1.06. The number of piperidine rings is 1. The molecule has 1 N–H and O–H groups in total. The van der Waals surface area contributed by atoms with Gasteiger partial charge in [0.25, 0.3) is 5.91 Å². The molecule has 1 heterocycles. The predicted octanol–water partition coefficient (Wildman–Crippen LogP) is 4.99. The molecule has 1 amide bonds. The zero-order valence-corrected chi connectivity index (χ0v) is 21.2. The molecular formula is C29H35NO6. The molecule has 1 aliphatic heterocycles. The molecule has 192 valence electrons. The Morgan fingerprint density at radius 3 is 2.44 bits per heavy atom. The lowest BCUT2D eigenvalue weighted by Gasteiger charge is -2.36. The quantitative estimate of drug-likeness (QED) is 0.370. The van der Waals surface area contributed by atoms with Crippen molar-refractivity contribution in [2.45, 2.75) is 71.4 Å². The second kappa shape index (κ2) is 12.0. The number of amides is 1. The van der Waals surface area contributed by atoms with Crippen LogP contribution in [0.4, 0.5) is 0 Å². The van der Waals surface area contributed by atoms with Gasteiger partial charge in [0, 0.05) is 12.0 Å². The van der Waals surface area contributed by atoms with Crippen molar-refractivity contribution in [3.05, 3.63) is 71.3 Å². The molecule has 7 nitrogen and oxygen atoms in total. The van der Waals surface area contributed by atoms with E-state index in [9.17, 15) is 24.3 Å². The van der Waals surface area contributed by atoms with E-state index in [1.807, 2.05) is 37.3 Å². The molecule has 0 saturated carbocycles. The Balaban J connectivity index is 1.83. The second-order valence-electron chi connectivity index (χ2n) is 9.96. The first-order chi connectivity index (χ1) is 17.1. The normalized spacial score (nSPS) is 16.8. The molecular weight excluding hydrogens is 458 g/mol. The third-order valence-electron chi connectivity index (χ3n) is 7.03. The van der Waals surface area contributed by atoms with Crippen molar-refractivity contribution < 1.29 is 29.0 Å². The number of aryl methyl sites for hydroxylation is 1. The van der Waals surface area contributed by atoms with Crippen molar-refractivity contribution >= 4 is 23.6 Å². The average Bonchev–Trinajstić information content (AvgIpc) is 2.90. The van der Waals surface area contributed by atoms with Crippen LogP contribution in [-0.4, -0.2) is 46.2 Å². The number of nitrogens with zero attached hydrogens (tertiary/aromatic N) is 1. The summed E-state index contributed by atoms with van der Waals surface area (Å²) in [7, 11) is 0. The van der Waals surface area contributed by atoms with Crippen LogP contribution in [0.15, 0.2) is 54.6 Å². The van der Waals surface area contributed by atoms with Gasteiger partial charge < -0.3 is 14.7 Å². The highest BCUT2D eigenvalue weighted by Gasteiger charge is 2.41. The summed E-state index contributed by atoms with van der Waals surface area (Å²) < 4.78 is 5.97. The number of ketones is 1. The van der Waals surface area contributed by atoms with Crippen LogP contribution in [0.2, 0.25) is 0 Å². The van der Waals surface area contributed by atoms with E-state index < -0.39 is 41.2 Å². The summed E-state index contributed by atoms with van der Waals surface area (Å²) in [5.74, 6) is -2.77. The summed E-state index contributed by atoms with van der Waals surface area (Å²) >= 11 is 0. The van der Waals surface area contributed by atoms with Gasteiger partial charge >= 0.3 is 11.9 Å². The van der Waals surface area contributed by atoms with E-state index in [1.54, 1.807) is 26.0 Å². The van der Waals surface area contributed by atoms with Crippen LogP contribution in [0.5, 0.6) is 0 Å². The zero-order valence-electron chi connectivity index (χ0n) is 21.2. The van der Waals surface area contributed by atoms with Gasteiger partial charge in [-0.1, -0.05) is 63.2 Å². The lowest BCUT2D eigenvalue weighted by Crippen LogP contribution is -2.53. The molecule has 0 aromatic heterocycles. The summed E-state index contributed by atoms with van der Waals surface area (Å²) in [6.45, 7) is 5.65. The molecule has 0 spiro atoms. The second-order valence-corrected chi connectivity index (χ2v) is 9.96. The van der Waals surface area contributed by atoms with Crippen LogP contribution >= 0.6 is 0 Å². The lowest BCUT2D eigenvalue weighted by molar-refractivity contribution is -0.164. The number of aromatic carboxylic acids is 1. The van der Waals surface area contributed by atoms with Gasteiger partial charge in [-0.15, -0.1) is 0 Å². The van der Waals surface area contributed by atoms with E-state index in [4.69, 9.17) is 4.74 Å². The first kappa shape index (κ1) is 27.1. The summed E-state index contributed by atoms with van der Waals surface area (Å²) in [5, 5.41) is 9.43. The number of benzene rings is 2. The number of ether oxygens (including phenoxy) is 1. The molecule has 3 rings (SSSR count). The Kier molecular flexibility index (Phi) is 9.02. The number of rotatable bonds is 10. The van der Waals surface area contributed by atoms with E-state index >= 15 is 0 Å². The predicted molar refractivity (Wildman–Crippen MR) is 135 cm³/mol. The lowest BCUT2D eigenvalue weighted by atomic mass is 9.84. The summed E-state index contributed by atoms with van der Waals surface area (Å²) in [5.41, 5.74) is 0.944. The van der Waals surface area contributed by atoms with Crippen LogP contribution in [-0.2, 0) is 25.5 Å². The number of carbonyl (C=O) groups excluding carboxylic acids is 3. The number of carbonyl (C=O) groups is 4. The maximum absolute atomic E-state index is 13.4. The van der Waals surface area contributed by atoms with Crippen molar-refractivity contribution in [3.8, 4) is 0 Å².